The fourth-order valence-corrected chi connectivity index (χ4v) is 2.07. The van der Waals surface area contributed by atoms with Gasteiger partial charge in [-0.3, -0.25) is 4.84 Å². The lowest BCUT2D eigenvalue weighted by Gasteiger charge is -2.22. The third-order valence-corrected chi connectivity index (χ3v) is 2.59. The highest BCUT2D eigenvalue weighted by molar-refractivity contribution is 4.97. The Hall–Kier alpha value is -1.43. The Balaban J connectivity index is 2.12. The van der Waals surface area contributed by atoms with Crippen molar-refractivity contribution in [2.75, 3.05) is 0 Å². The summed E-state index contributed by atoms with van der Waals surface area (Å²) in [5, 5.41) is 18.0. The molecule has 0 spiro atoms. The van der Waals surface area contributed by atoms with Crippen molar-refractivity contribution in [3.05, 3.63) is 10.1 Å². The molecule has 8 nitrogen and oxygen atoms in total. The lowest BCUT2D eigenvalue weighted by Crippen LogP contribution is -2.33. The van der Waals surface area contributed by atoms with Crippen molar-refractivity contribution in [2.24, 2.45) is 0 Å². The molecule has 17 heavy (non-hydrogen) atoms. The maximum absolute atomic E-state index is 10.3. The molecule has 2 aliphatic heterocycles. The van der Waals surface area contributed by atoms with E-state index in [1.54, 1.807) is 13.8 Å². The standard InChI is InChI=1S/C9H12N2O6/c1-9(2)15-6-5(3-4-10)14-8(7(6)16-9)17-11(12)13/h5-8H,3H2,1-2H3/t5-,6-,7-,8-/m1/s1. The molecule has 0 saturated carbocycles. The van der Waals surface area contributed by atoms with Crippen molar-refractivity contribution in [1.82, 2.24) is 0 Å². The average Bonchev–Trinajstić information content (AvgIpc) is 2.63. The Morgan fingerprint density at radius 3 is 2.71 bits per heavy atom. The molecule has 2 saturated heterocycles. The van der Waals surface area contributed by atoms with Gasteiger partial charge < -0.3 is 14.2 Å². The second-order valence-electron chi connectivity index (χ2n) is 4.30. The normalized spacial score (nSPS) is 38.4. The summed E-state index contributed by atoms with van der Waals surface area (Å²) >= 11 is 0. The first-order valence-corrected chi connectivity index (χ1v) is 5.12. The number of ether oxygens (including phenoxy) is 3. The minimum Gasteiger partial charge on any atom is -0.343 e. The Kier molecular flexibility index (Phi) is 2.91. The summed E-state index contributed by atoms with van der Waals surface area (Å²) in [7, 11) is 0. The van der Waals surface area contributed by atoms with Gasteiger partial charge in [0.05, 0.1) is 12.5 Å². The van der Waals surface area contributed by atoms with Crippen LogP contribution in [0.1, 0.15) is 20.3 Å². The maximum Gasteiger partial charge on any atom is 0.297 e. The van der Waals surface area contributed by atoms with Crippen molar-refractivity contribution in [3.63, 3.8) is 0 Å². The average molecular weight is 244 g/mol. The first-order valence-electron chi connectivity index (χ1n) is 5.12. The minimum atomic E-state index is -1.14. The second kappa shape index (κ2) is 4.10. The zero-order valence-corrected chi connectivity index (χ0v) is 9.36. The van der Waals surface area contributed by atoms with E-state index in [4.69, 9.17) is 19.5 Å². The third-order valence-electron chi connectivity index (χ3n) is 2.59. The lowest BCUT2D eigenvalue weighted by molar-refractivity contribution is -0.781. The molecule has 0 aromatic heterocycles. The molecule has 2 rings (SSSR count). The lowest BCUT2D eigenvalue weighted by atomic mass is 10.1. The molecule has 2 fully saturated rings. The van der Waals surface area contributed by atoms with E-state index in [2.05, 4.69) is 4.84 Å². The van der Waals surface area contributed by atoms with E-state index >= 15 is 0 Å². The van der Waals surface area contributed by atoms with Crippen LogP contribution in [0.4, 0.5) is 0 Å². The van der Waals surface area contributed by atoms with Crippen molar-refractivity contribution < 1.29 is 24.1 Å². The Bertz CT molecular complexity index is 365. The van der Waals surface area contributed by atoms with Gasteiger partial charge in [0.25, 0.3) is 5.09 Å². The quantitative estimate of drug-likeness (QED) is 0.521. The van der Waals surface area contributed by atoms with Gasteiger partial charge in [-0.1, -0.05) is 0 Å². The molecule has 0 N–H and O–H groups in total. The smallest absolute Gasteiger partial charge is 0.297 e. The number of fused-ring (bicyclic) bond motifs is 1. The zero-order chi connectivity index (χ0) is 12.6. The molecule has 0 amide bonds. The molecule has 4 atom stereocenters. The second-order valence-corrected chi connectivity index (χ2v) is 4.30. The number of hydrogen-bond donors (Lipinski definition) is 0. The topological polar surface area (TPSA) is 104 Å². The first kappa shape index (κ1) is 12.0. The van der Waals surface area contributed by atoms with Gasteiger partial charge in [0, 0.05) is 0 Å². The highest BCUT2D eigenvalue weighted by Gasteiger charge is 2.56. The Morgan fingerprint density at radius 1 is 1.47 bits per heavy atom. The monoisotopic (exact) mass is 244 g/mol. The molecule has 0 aromatic carbocycles. The number of rotatable bonds is 3. The summed E-state index contributed by atoms with van der Waals surface area (Å²) in [6, 6.07) is 1.94. The van der Waals surface area contributed by atoms with E-state index in [-0.39, 0.29) is 6.42 Å². The van der Waals surface area contributed by atoms with Gasteiger partial charge in [-0.2, -0.15) is 5.26 Å². The van der Waals surface area contributed by atoms with Crippen LogP contribution in [0.3, 0.4) is 0 Å². The van der Waals surface area contributed by atoms with Crippen LogP contribution in [0.5, 0.6) is 0 Å². The molecule has 0 radical (unpaired) electrons. The van der Waals surface area contributed by atoms with Crippen LogP contribution in [0, 0.1) is 21.4 Å². The SMILES string of the molecule is CC1(C)O[C@H]2[C@@H](O[N+](=O)[O-])O[C@H](CC#N)[C@H]2O1. The third kappa shape index (κ3) is 2.31. The molecule has 0 aromatic rings. The molecule has 2 aliphatic rings. The van der Waals surface area contributed by atoms with Gasteiger partial charge in [0.15, 0.2) is 5.79 Å². The maximum atomic E-state index is 10.3. The van der Waals surface area contributed by atoms with Gasteiger partial charge in [-0.25, -0.2) is 0 Å². The van der Waals surface area contributed by atoms with E-state index in [1.807, 2.05) is 6.07 Å². The summed E-state index contributed by atoms with van der Waals surface area (Å²) in [6.45, 7) is 3.38. The van der Waals surface area contributed by atoms with E-state index in [0.29, 0.717) is 0 Å². The van der Waals surface area contributed by atoms with E-state index in [1.165, 1.54) is 0 Å². The predicted octanol–water partition coefficient (Wildman–Crippen LogP) is 0.353. The van der Waals surface area contributed by atoms with Crippen LogP contribution in [0.2, 0.25) is 0 Å². The zero-order valence-electron chi connectivity index (χ0n) is 9.36. The van der Waals surface area contributed by atoms with Crippen molar-refractivity contribution in [1.29, 1.82) is 5.26 Å². The highest BCUT2D eigenvalue weighted by atomic mass is 17.0. The van der Waals surface area contributed by atoms with Crippen LogP contribution in [-0.2, 0) is 19.0 Å². The van der Waals surface area contributed by atoms with Gasteiger partial charge >= 0.3 is 0 Å². The summed E-state index contributed by atoms with van der Waals surface area (Å²) in [5.41, 5.74) is 0. The Labute approximate surface area is 97.1 Å². The van der Waals surface area contributed by atoms with Gasteiger partial charge in [0.1, 0.15) is 18.3 Å². The van der Waals surface area contributed by atoms with Crippen molar-refractivity contribution >= 4 is 0 Å². The molecular formula is C9H12N2O6. The van der Waals surface area contributed by atoms with E-state index in [0.717, 1.165) is 0 Å². The van der Waals surface area contributed by atoms with Crippen LogP contribution >= 0.6 is 0 Å². The van der Waals surface area contributed by atoms with Gasteiger partial charge in [-0.15, -0.1) is 10.1 Å². The molecule has 0 aliphatic carbocycles. The molecule has 8 heteroatoms. The van der Waals surface area contributed by atoms with Crippen molar-refractivity contribution in [2.45, 2.75) is 50.7 Å². The highest BCUT2D eigenvalue weighted by Crippen LogP contribution is 2.39. The van der Waals surface area contributed by atoms with E-state index < -0.39 is 35.5 Å². The van der Waals surface area contributed by atoms with Crippen LogP contribution in [0.15, 0.2) is 0 Å². The fourth-order valence-electron chi connectivity index (χ4n) is 2.07. The first-order chi connectivity index (χ1) is 7.93. The molecule has 94 valence electrons. The van der Waals surface area contributed by atoms with Crippen molar-refractivity contribution in [3.8, 4) is 6.07 Å². The number of nitrogens with zero attached hydrogens (tertiary/aromatic N) is 2. The summed E-state index contributed by atoms with van der Waals surface area (Å²) in [5.74, 6) is -0.856. The predicted molar refractivity (Wildman–Crippen MR) is 50.8 cm³/mol. The largest absolute Gasteiger partial charge is 0.343 e. The number of hydrogen-bond acceptors (Lipinski definition) is 7. The summed E-state index contributed by atoms with van der Waals surface area (Å²) in [6.07, 6.45) is -2.85. The fraction of sp³-hybridized carbons (Fsp3) is 0.889. The molecule has 2 heterocycles. The molecule has 0 unspecified atom stereocenters. The Morgan fingerprint density at radius 2 is 2.12 bits per heavy atom. The summed E-state index contributed by atoms with van der Waals surface area (Å²) in [4.78, 5) is 14.7. The molecule has 0 bridgehead atoms. The van der Waals surface area contributed by atoms with Crippen LogP contribution in [0.25, 0.3) is 0 Å². The minimum absolute atomic E-state index is 0.0676. The molecular weight excluding hydrogens is 232 g/mol. The van der Waals surface area contributed by atoms with Gasteiger partial charge in [0.2, 0.25) is 6.29 Å². The number of nitriles is 1. The van der Waals surface area contributed by atoms with Gasteiger partial charge in [-0.05, 0) is 13.8 Å². The van der Waals surface area contributed by atoms with Crippen LogP contribution in [-0.4, -0.2) is 35.5 Å². The van der Waals surface area contributed by atoms with E-state index in [9.17, 15) is 10.1 Å². The van der Waals surface area contributed by atoms with Crippen LogP contribution < -0.4 is 0 Å². The summed E-state index contributed by atoms with van der Waals surface area (Å²) < 4.78 is 16.3.